The highest BCUT2D eigenvalue weighted by molar-refractivity contribution is 7.94. The first-order valence-corrected chi connectivity index (χ1v) is 7.37. The third-order valence-electron chi connectivity index (χ3n) is 2.48. The van der Waals surface area contributed by atoms with Gasteiger partial charge in [0.2, 0.25) is 5.91 Å². The minimum absolute atomic E-state index is 0.151. The Morgan fingerprint density at radius 2 is 2.00 bits per heavy atom. The van der Waals surface area contributed by atoms with Crippen molar-refractivity contribution >= 4 is 15.7 Å². The van der Waals surface area contributed by atoms with Gasteiger partial charge in [-0.2, -0.15) is 5.10 Å². The van der Waals surface area contributed by atoms with Crippen LogP contribution in [0.2, 0.25) is 0 Å². The molecule has 0 fully saturated rings. The fraction of sp³-hybridized carbons (Fsp3) is 0.0769. The number of amides is 1. The number of benzene rings is 1. The van der Waals surface area contributed by atoms with Gasteiger partial charge >= 0.3 is 0 Å². The molecule has 1 aromatic carbocycles. The van der Waals surface area contributed by atoms with Crippen LogP contribution >= 0.6 is 0 Å². The van der Waals surface area contributed by atoms with Gasteiger partial charge in [0.25, 0.3) is 0 Å². The minimum atomic E-state index is -3.59. The highest BCUT2D eigenvalue weighted by Crippen LogP contribution is 2.10. The topological polar surface area (TPSA) is 91.9 Å². The van der Waals surface area contributed by atoms with Crippen molar-refractivity contribution in [2.45, 2.75) is 11.4 Å². The molecule has 0 saturated heterocycles. The van der Waals surface area contributed by atoms with Crippen LogP contribution in [0.25, 0.3) is 0 Å². The van der Waals surface area contributed by atoms with Crippen LogP contribution in [-0.2, 0) is 21.2 Å². The molecule has 1 heterocycles. The van der Waals surface area contributed by atoms with Crippen LogP contribution in [0.1, 0.15) is 5.69 Å². The molecular weight excluding hydrogens is 278 g/mol. The molecular formula is C13H13N3O3S. The van der Waals surface area contributed by atoms with Gasteiger partial charge in [0, 0.05) is 17.7 Å². The molecule has 0 bridgehead atoms. The Morgan fingerprint density at radius 1 is 1.25 bits per heavy atom. The smallest absolute Gasteiger partial charge is 0.245 e. The first-order valence-electron chi connectivity index (χ1n) is 5.82. The summed E-state index contributed by atoms with van der Waals surface area (Å²) in [7, 11) is -3.59. The number of carbonyl (C=O) groups excluding carboxylic acids is 1. The first kappa shape index (κ1) is 14.0. The standard InChI is InChI=1S/C13H13N3O3S/c17-13(14-10-11-6-8-15-16-11)7-9-20(18,19)12-4-2-1-3-5-12/h1-9H,10H2,(H,14,17)(H,15,16)/b9-7+. The van der Waals surface area contributed by atoms with Crippen LogP contribution in [0.3, 0.4) is 0 Å². The molecule has 6 nitrogen and oxygen atoms in total. The highest BCUT2D eigenvalue weighted by atomic mass is 32.2. The van der Waals surface area contributed by atoms with Crippen LogP contribution < -0.4 is 5.32 Å². The van der Waals surface area contributed by atoms with E-state index < -0.39 is 15.7 Å². The fourth-order valence-corrected chi connectivity index (χ4v) is 2.46. The van der Waals surface area contributed by atoms with E-state index in [1.807, 2.05) is 0 Å². The van der Waals surface area contributed by atoms with Gasteiger partial charge in [0.05, 0.1) is 17.1 Å². The predicted octanol–water partition coefficient (Wildman–Crippen LogP) is 1.01. The summed E-state index contributed by atoms with van der Waals surface area (Å²) in [5.74, 6) is -0.487. The van der Waals surface area contributed by atoms with Gasteiger partial charge in [0.1, 0.15) is 0 Å². The van der Waals surface area contributed by atoms with E-state index in [1.54, 1.807) is 30.5 Å². The average molecular weight is 291 g/mol. The van der Waals surface area contributed by atoms with Crippen molar-refractivity contribution in [1.82, 2.24) is 15.5 Å². The van der Waals surface area contributed by atoms with Gasteiger partial charge in [0.15, 0.2) is 9.84 Å². The Kier molecular flexibility index (Phi) is 4.31. The van der Waals surface area contributed by atoms with Crippen LogP contribution in [0.5, 0.6) is 0 Å². The van der Waals surface area contributed by atoms with Gasteiger partial charge in [-0.25, -0.2) is 8.42 Å². The van der Waals surface area contributed by atoms with Crippen LogP contribution in [0.4, 0.5) is 0 Å². The summed E-state index contributed by atoms with van der Waals surface area (Å²) in [4.78, 5) is 11.7. The lowest BCUT2D eigenvalue weighted by molar-refractivity contribution is -0.116. The van der Waals surface area contributed by atoms with E-state index in [9.17, 15) is 13.2 Å². The number of nitrogens with one attached hydrogen (secondary N) is 2. The van der Waals surface area contributed by atoms with E-state index in [0.29, 0.717) is 0 Å². The Labute approximate surface area is 116 Å². The molecule has 0 atom stereocenters. The predicted molar refractivity (Wildman–Crippen MR) is 73.2 cm³/mol. The van der Waals surface area contributed by atoms with E-state index in [2.05, 4.69) is 15.5 Å². The molecule has 2 aromatic rings. The maximum Gasteiger partial charge on any atom is 0.245 e. The summed E-state index contributed by atoms with van der Waals surface area (Å²) in [5, 5.41) is 9.86. The molecule has 0 unspecified atom stereocenters. The van der Waals surface area contributed by atoms with E-state index in [-0.39, 0.29) is 11.4 Å². The molecule has 0 aliphatic heterocycles. The van der Waals surface area contributed by atoms with Crippen molar-refractivity contribution < 1.29 is 13.2 Å². The Balaban J connectivity index is 1.96. The summed E-state index contributed by atoms with van der Waals surface area (Å²) in [6.07, 6.45) is 2.57. The second-order valence-electron chi connectivity index (χ2n) is 3.96. The van der Waals surface area contributed by atoms with Crippen LogP contribution in [0.15, 0.2) is 59.0 Å². The zero-order valence-electron chi connectivity index (χ0n) is 10.5. The third-order valence-corrected chi connectivity index (χ3v) is 3.91. The molecule has 104 valence electrons. The number of aromatic nitrogens is 2. The van der Waals surface area contributed by atoms with E-state index in [0.717, 1.165) is 17.2 Å². The molecule has 0 radical (unpaired) electrons. The molecule has 0 saturated carbocycles. The molecule has 0 aliphatic rings. The number of sulfone groups is 1. The van der Waals surface area contributed by atoms with E-state index in [4.69, 9.17) is 0 Å². The third kappa shape index (κ3) is 3.79. The monoisotopic (exact) mass is 291 g/mol. The first-order chi connectivity index (χ1) is 9.58. The van der Waals surface area contributed by atoms with Crippen LogP contribution in [-0.4, -0.2) is 24.5 Å². The van der Waals surface area contributed by atoms with Gasteiger partial charge < -0.3 is 5.32 Å². The van der Waals surface area contributed by atoms with E-state index in [1.165, 1.54) is 12.1 Å². The second-order valence-corrected chi connectivity index (χ2v) is 5.79. The lowest BCUT2D eigenvalue weighted by Crippen LogP contribution is -2.20. The van der Waals surface area contributed by atoms with Crippen molar-refractivity contribution in [3.05, 3.63) is 59.8 Å². The van der Waals surface area contributed by atoms with Crippen molar-refractivity contribution in [3.63, 3.8) is 0 Å². The maximum atomic E-state index is 11.9. The SMILES string of the molecule is O=C(/C=C/S(=O)(=O)c1ccccc1)NCc1ccn[nH]1. The number of nitrogens with zero attached hydrogens (tertiary/aromatic N) is 1. The lowest BCUT2D eigenvalue weighted by Gasteiger charge is -2.00. The second kappa shape index (κ2) is 6.16. The highest BCUT2D eigenvalue weighted by Gasteiger charge is 2.09. The minimum Gasteiger partial charge on any atom is -0.347 e. The number of rotatable bonds is 5. The zero-order chi connectivity index (χ0) is 14.4. The fourth-order valence-electron chi connectivity index (χ4n) is 1.46. The Hall–Kier alpha value is -2.41. The Bertz CT molecular complexity index is 692. The number of carbonyl (C=O) groups is 1. The maximum absolute atomic E-state index is 11.9. The van der Waals surface area contributed by atoms with Crippen molar-refractivity contribution in [3.8, 4) is 0 Å². The Morgan fingerprint density at radius 3 is 2.65 bits per heavy atom. The van der Waals surface area contributed by atoms with Crippen molar-refractivity contribution in [2.24, 2.45) is 0 Å². The number of aromatic amines is 1. The van der Waals surface area contributed by atoms with Gasteiger partial charge in [-0.1, -0.05) is 18.2 Å². The van der Waals surface area contributed by atoms with Gasteiger partial charge in [-0.3, -0.25) is 9.89 Å². The summed E-state index contributed by atoms with van der Waals surface area (Å²) in [6.45, 7) is 0.258. The largest absolute Gasteiger partial charge is 0.347 e. The van der Waals surface area contributed by atoms with Crippen LogP contribution in [0, 0.1) is 0 Å². The van der Waals surface area contributed by atoms with Gasteiger partial charge in [-0.05, 0) is 18.2 Å². The molecule has 2 rings (SSSR count). The molecule has 1 aromatic heterocycles. The van der Waals surface area contributed by atoms with Gasteiger partial charge in [-0.15, -0.1) is 0 Å². The average Bonchev–Trinajstić information content (AvgIpc) is 2.97. The molecule has 0 spiro atoms. The summed E-state index contributed by atoms with van der Waals surface area (Å²) in [6, 6.07) is 9.63. The molecule has 20 heavy (non-hydrogen) atoms. The zero-order valence-corrected chi connectivity index (χ0v) is 11.3. The molecule has 0 aliphatic carbocycles. The van der Waals surface area contributed by atoms with Crippen molar-refractivity contribution in [2.75, 3.05) is 0 Å². The van der Waals surface area contributed by atoms with E-state index >= 15 is 0 Å². The summed E-state index contributed by atoms with van der Waals surface area (Å²) < 4.78 is 23.8. The number of H-pyrrole nitrogens is 1. The normalized spacial score (nSPS) is 11.6. The number of hydrogen-bond acceptors (Lipinski definition) is 4. The summed E-state index contributed by atoms with van der Waals surface area (Å²) in [5.41, 5.74) is 0.734. The summed E-state index contributed by atoms with van der Waals surface area (Å²) >= 11 is 0. The number of hydrogen-bond donors (Lipinski definition) is 2. The molecule has 2 N–H and O–H groups in total. The molecule has 1 amide bonds. The molecule has 7 heteroatoms. The van der Waals surface area contributed by atoms with Crippen molar-refractivity contribution in [1.29, 1.82) is 0 Å². The lowest BCUT2D eigenvalue weighted by atomic mass is 10.4. The quantitative estimate of drug-likeness (QED) is 0.804.